The molecule has 4 heteroatoms. The number of hydrogen-bond acceptors (Lipinski definition) is 3. The van der Waals surface area contributed by atoms with E-state index in [2.05, 4.69) is 12.2 Å². The zero-order chi connectivity index (χ0) is 12.0. The van der Waals surface area contributed by atoms with Crippen molar-refractivity contribution < 1.29 is 4.79 Å². The first-order chi connectivity index (χ1) is 7.63. The van der Waals surface area contributed by atoms with Gasteiger partial charge in [-0.3, -0.25) is 4.79 Å². The molecule has 0 fully saturated rings. The molecule has 0 unspecified atom stereocenters. The Morgan fingerprint density at radius 1 is 1.50 bits per heavy atom. The van der Waals surface area contributed by atoms with E-state index in [0.717, 1.165) is 22.8 Å². The van der Waals surface area contributed by atoms with Crippen molar-refractivity contribution in [2.45, 2.75) is 20.3 Å². The Morgan fingerprint density at radius 3 is 2.94 bits per heavy atom. The summed E-state index contributed by atoms with van der Waals surface area (Å²) in [6, 6.07) is 5.53. The number of amides is 1. The van der Waals surface area contributed by atoms with E-state index in [-0.39, 0.29) is 5.91 Å². The highest BCUT2D eigenvalue weighted by atomic mass is 32.2. The van der Waals surface area contributed by atoms with Gasteiger partial charge in [-0.2, -0.15) is 11.8 Å². The van der Waals surface area contributed by atoms with Crippen molar-refractivity contribution in [2.24, 2.45) is 0 Å². The number of aryl methyl sites for hydroxylation is 1. The molecule has 0 aromatic heterocycles. The van der Waals surface area contributed by atoms with Crippen molar-refractivity contribution in [1.29, 1.82) is 0 Å². The minimum Gasteiger partial charge on any atom is -0.399 e. The van der Waals surface area contributed by atoms with Crippen LogP contribution >= 0.6 is 11.8 Å². The normalized spacial score (nSPS) is 10.1. The lowest BCUT2D eigenvalue weighted by Crippen LogP contribution is -2.13. The van der Waals surface area contributed by atoms with Gasteiger partial charge < -0.3 is 11.1 Å². The lowest BCUT2D eigenvalue weighted by atomic mass is 10.2. The summed E-state index contributed by atoms with van der Waals surface area (Å²) in [7, 11) is 0. The molecule has 0 aliphatic rings. The van der Waals surface area contributed by atoms with Crippen LogP contribution in [0.1, 0.15) is 18.9 Å². The Labute approximate surface area is 101 Å². The van der Waals surface area contributed by atoms with Crippen molar-refractivity contribution in [3.63, 3.8) is 0 Å². The number of thioether (sulfide) groups is 1. The molecular formula is C12H18N2OS. The van der Waals surface area contributed by atoms with Crippen molar-refractivity contribution in [2.75, 3.05) is 22.6 Å². The zero-order valence-corrected chi connectivity index (χ0v) is 10.6. The van der Waals surface area contributed by atoms with Crippen molar-refractivity contribution >= 4 is 29.0 Å². The quantitative estimate of drug-likeness (QED) is 0.612. The summed E-state index contributed by atoms with van der Waals surface area (Å²) in [5, 5.41) is 2.88. The number of nitrogen functional groups attached to an aromatic ring is 1. The number of nitrogens with two attached hydrogens (primary N) is 1. The van der Waals surface area contributed by atoms with Crippen LogP contribution in [0.2, 0.25) is 0 Å². The second kappa shape index (κ2) is 6.43. The monoisotopic (exact) mass is 238 g/mol. The van der Waals surface area contributed by atoms with Crippen molar-refractivity contribution in [1.82, 2.24) is 0 Å². The molecular weight excluding hydrogens is 220 g/mol. The molecule has 0 aliphatic carbocycles. The third-order valence-electron chi connectivity index (χ3n) is 2.21. The van der Waals surface area contributed by atoms with Gasteiger partial charge in [0, 0.05) is 23.5 Å². The van der Waals surface area contributed by atoms with Gasteiger partial charge in [0.05, 0.1) is 0 Å². The third kappa shape index (κ3) is 4.14. The first kappa shape index (κ1) is 12.9. The molecule has 0 spiro atoms. The van der Waals surface area contributed by atoms with Crippen LogP contribution < -0.4 is 11.1 Å². The fourth-order valence-corrected chi connectivity index (χ4v) is 1.91. The van der Waals surface area contributed by atoms with E-state index in [9.17, 15) is 4.79 Å². The molecule has 3 N–H and O–H groups in total. The Hall–Kier alpha value is -1.16. The minimum absolute atomic E-state index is 0.0506. The van der Waals surface area contributed by atoms with E-state index in [0.29, 0.717) is 12.1 Å². The van der Waals surface area contributed by atoms with Crippen LogP contribution in [0.5, 0.6) is 0 Å². The highest BCUT2D eigenvalue weighted by Crippen LogP contribution is 2.18. The largest absolute Gasteiger partial charge is 0.399 e. The van der Waals surface area contributed by atoms with E-state index >= 15 is 0 Å². The van der Waals surface area contributed by atoms with Gasteiger partial charge in [-0.15, -0.1) is 0 Å². The fourth-order valence-electron chi connectivity index (χ4n) is 1.30. The summed E-state index contributed by atoms with van der Waals surface area (Å²) in [5.41, 5.74) is 8.18. The molecule has 0 bridgehead atoms. The molecule has 1 aromatic carbocycles. The molecule has 0 atom stereocenters. The number of anilines is 2. The maximum atomic E-state index is 11.6. The number of carbonyl (C=O) groups is 1. The summed E-state index contributed by atoms with van der Waals surface area (Å²) < 4.78 is 0. The SMILES string of the molecule is CCSCCC(=O)Nc1cc(N)ccc1C. The Balaban J connectivity index is 2.52. The highest BCUT2D eigenvalue weighted by Gasteiger charge is 2.04. The molecule has 0 saturated carbocycles. The van der Waals surface area contributed by atoms with Gasteiger partial charge in [-0.05, 0) is 30.4 Å². The zero-order valence-electron chi connectivity index (χ0n) is 9.75. The van der Waals surface area contributed by atoms with Gasteiger partial charge in [0.15, 0.2) is 0 Å². The summed E-state index contributed by atoms with van der Waals surface area (Å²) >= 11 is 1.77. The predicted octanol–water partition coefficient (Wildman–Crippen LogP) is 2.66. The van der Waals surface area contributed by atoms with Gasteiger partial charge in [-0.1, -0.05) is 13.0 Å². The Bertz CT molecular complexity index is 366. The van der Waals surface area contributed by atoms with E-state index in [1.54, 1.807) is 17.8 Å². The van der Waals surface area contributed by atoms with Crippen LogP contribution in [-0.4, -0.2) is 17.4 Å². The summed E-state index contributed by atoms with van der Waals surface area (Å²) in [5.74, 6) is 1.96. The minimum atomic E-state index is 0.0506. The molecule has 3 nitrogen and oxygen atoms in total. The Morgan fingerprint density at radius 2 is 2.25 bits per heavy atom. The predicted molar refractivity (Wildman–Crippen MR) is 71.8 cm³/mol. The van der Waals surface area contributed by atoms with Gasteiger partial charge in [0.1, 0.15) is 0 Å². The average molecular weight is 238 g/mol. The third-order valence-corrected chi connectivity index (χ3v) is 3.11. The molecule has 1 aromatic rings. The van der Waals surface area contributed by atoms with Crippen LogP contribution in [0.15, 0.2) is 18.2 Å². The second-order valence-corrected chi connectivity index (χ2v) is 4.96. The lowest BCUT2D eigenvalue weighted by molar-refractivity contribution is -0.115. The smallest absolute Gasteiger partial charge is 0.225 e. The summed E-state index contributed by atoms with van der Waals surface area (Å²) in [6.07, 6.45) is 0.548. The van der Waals surface area contributed by atoms with E-state index in [1.165, 1.54) is 0 Å². The van der Waals surface area contributed by atoms with Crippen molar-refractivity contribution in [3.05, 3.63) is 23.8 Å². The van der Waals surface area contributed by atoms with Crippen LogP contribution in [0.4, 0.5) is 11.4 Å². The number of hydrogen-bond donors (Lipinski definition) is 2. The second-order valence-electron chi connectivity index (χ2n) is 3.57. The maximum absolute atomic E-state index is 11.6. The molecule has 1 amide bonds. The highest BCUT2D eigenvalue weighted by molar-refractivity contribution is 7.99. The average Bonchev–Trinajstić information content (AvgIpc) is 2.24. The van der Waals surface area contributed by atoms with Crippen molar-refractivity contribution in [3.8, 4) is 0 Å². The lowest BCUT2D eigenvalue weighted by Gasteiger charge is -2.08. The topological polar surface area (TPSA) is 55.1 Å². The molecule has 0 aliphatic heterocycles. The van der Waals surface area contributed by atoms with E-state index in [4.69, 9.17) is 5.73 Å². The van der Waals surface area contributed by atoms with Crippen LogP contribution in [-0.2, 0) is 4.79 Å². The van der Waals surface area contributed by atoms with E-state index < -0.39 is 0 Å². The molecule has 88 valence electrons. The molecule has 16 heavy (non-hydrogen) atoms. The molecule has 0 saturated heterocycles. The summed E-state index contributed by atoms with van der Waals surface area (Å²) in [6.45, 7) is 4.04. The number of carbonyl (C=O) groups excluding carboxylic acids is 1. The first-order valence-corrected chi connectivity index (χ1v) is 6.52. The van der Waals surface area contributed by atoms with Gasteiger partial charge >= 0.3 is 0 Å². The van der Waals surface area contributed by atoms with Crippen LogP contribution in [0.3, 0.4) is 0 Å². The molecule has 0 radical (unpaired) electrons. The summed E-state index contributed by atoms with van der Waals surface area (Å²) in [4.78, 5) is 11.6. The Kier molecular flexibility index (Phi) is 5.19. The molecule has 0 heterocycles. The standard InChI is InChI=1S/C12H18N2OS/c1-3-16-7-6-12(15)14-11-8-10(13)5-4-9(11)2/h4-5,8H,3,6-7,13H2,1-2H3,(H,14,15). The number of rotatable bonds is 5. The van der Waals surface area contributed by atoms with E-state index in [1.807, 2.05) is 19.1 Å². The number of nitrogens with one attached hydrogen (secondary N) is 1. The van der Waals surface area contributed by atoms with Gasteiger partial charge in [0.25, 0.3) is 0 Å². The maximum Gasteiger partial charge on any atom is 0.225 e. The van der Waals surface area contributed by atoms with Crippen LogP contribution in [0, 0.1) is 6.92 Å². The van der Waals surface area contributed by atoms with Gasteiger partial charge in [-0.25, -0.2) is 0 Å². The fraction of sp³-hybridized carbons (Fsp3) is 0.417. The number of benzene rings is 1. The van der Waals surface area contributed by atoms with Crippen LogP contribution in [0.25, 0.3) is 0 Å². The molecule has 1 rings (SSSR count). The van der Waals surface area contributed by atoms with Gasteiger partial charge in [0.2, 0.25) is 5.91 Å². The first-order valence-electron chi connectivity index (χ1n) is 5.37.